The summed E-state index contributed by atoms with van der Waals surface area (Å²) < 4.78 is 0. The topological polar surface area (TPSA) is 38.9 Å². The summed E-state index contributed by atoms with van der Waals surface area (Å²) in [6.45, 7) is 0. The Kier molecular flexibility index (Phi) is 2.80. The third kappa shape index (κ3) is 2.22. The van der Waals surface area contributed by atoms with Crippen LogP contribution in [-0.4, -0.2) is 4.98 Å². The van der Waals surface area contributed by atoms with Gasteiger partial charge in [0.15, 0.2) is 0 Å². The first kappa shape index (κ1) is 10.3. The van der Waals surface area contributed by atoms with E-state index in [9.17, 15) is 0 Å². The van der Waals surface area contributed by atoms with Crippen LogP contribution in [0.4, 0.5) is 5.82 Å². The van der Waals surface area contributed by atoms with Gasteiger partial charge in [-0.3, -0.25) is 0 Å². The molecule has 0 atom stereocenters. The molecule has 76 valence electrons. The number of nitrogens with two attached hydrogens (primary N) is 1. The molecule has 0 aliphatic carbocycles. The minimum absolute atomic E-state index is 0.446. The number of nitrogen functional groups attached to an aromatic ring is 1. The van der Waals surface area contributed by atoms with E-state index in [0.29, 0.717) is 15.9 Å². The maximum Gasteiger partial charge on any atom is 0.131 e. The van der Waals surface area contributed by atoms with E-state index in [1.165, 1.54) is 6.20 Å². The van der Waals surface area contributed by atoms with E-state index in [4.69, 9.17) is 28.9 Å². The summed E-state index contributed by atoms with van der Waals surface area (Å²) in [4.78, 5) is 3.99. The molecule has 0 saturated heterocycles. The van der Waals surface area contributed by atoms with E-state index in [0.717, 1.165) is 11.1 Å². The Bertz CT molecular complexity index is 498. The second-order valence-corrected chi connectivity index (χ2v) is 3.97. The zero-order valence-corrected chi connectivity index (χ0v) is 9.26. The second-order valence-electron chi connectivity index (χ2n) is 3.10. The van der Waals surface area contributed by atoms with Crippen LogP contribution in [0.2, 0.25) is 10.0 Å². The predicted molar refractivity (Wildman–Crippen MR) is 64.1 cm³/mol. The van der Waals surface area contributed by atoms with Crippen molar-refractivity contribution in [2.75, 3.05) is 5.73 Å². The molecule has 0 fully saturated rings. The van der Waals surface area contributed by atoms with Crippen LogP contribution < -0.4 is 5.73 Å². The summed E-state index contributed by atoms with van der Waals surface area (Å²) >= 11 is 11.7. The lowest BCUT2D eigenvalue weighted by Crippen LogP contribution is -1.93. The Morgan fingerprint density at radius 3 is 2.60 bits per heavy atom. The van der Waals surface area contributed by atoms with Crippen molar-refractivity contribution >= 4 is 29.0 Å². The SMILES string of the molecule is Nc1ncc(Cl)cc1-c1cccc(Cl)c1. The lowest BCUT2D eigenvalue weighted by atomic mass is 10.1. The molecule has 1 aromatic heterocycles. The molecule has 1 aromatic carbocycles. The van der Waals surface area contributed by atoms with Crippen LogP contribution in [0, 0.1) is 0 Å². The molecule has 2 rings (SSSR count). The highest BCUT2D eigenvalue weighted by atomic mass is 35.5. The quantitative estimate of drug-likeness (QED) is 0.825. The fourth-order valence-corrected chi connectivity index (χ4v) is 1.69. The number of pyridine rings is 1. The van der Waals surface area contributed by atoms with Gasteiger partial charge >= 0.3 is 0 Å². The molecule has 0 radical (unpaired) electrons. The van der Waals surface area contributed by atoms with Crippen LogP contribution in [0.15, 0.2) is 36.5 Å². The summed E-state index contributed by atoms with van der Waals surface area (Å²) in [5.74, 6) is 0.446. The van der Waals surface area contributed by atoms with Crippen molar-refractivity contribution in [3.05, 3.63) is 46.6 Å². The smallest absolute Gasteiger partial charge is 0.131 e. The fourth-order valence-electron chi connectivity index (χ4n) is 1.34. The molecule has 0 aliphatic rings. The van der Waals surface area contributed by atoms with Crippen LogP contribution in [0.1, 0.15) is 0 Å². The van der Waals surface area contributed by atoms with Crippen molar-refractivity contribution in [3.8, 4) is 11.1 Å². The van der Waals surface area contributed by atoms with Crippen LogP contribution >= 0.6 is 23.2 Å². The number of halogens is 2. The van der Waals surface area contributed by atoms with Crippen LogP contribution in [0.25, 0.3) is 11.1 Å². The number of benzene rings is 1. The third-order valence-electron chi connectivity index (χ3n) is 2.02. The molecular formula is C11H8Cl2N2. The minimum atomic E-state index is 0.446. The number of nitrogens with zero attached hydrogens (tertiary/aromatic N) is 1. The van der Waals surface area contributed by atoms with Gasteiger partial charge in [0.05, 0.1) is 5.02 Å². The summed E-state index contributed by atoms with van der Waals surface area (Å²) in [6.07, 6.45) is 1.52. The second kappa shape index (κ2) is 4.09. The molecule has 0 unspecified atom stereocenters. The van der Waals surface area contributed by atoms with E-state index in [1.807, 2.05) is 18.2 Å². The standard InChI is InChI=1S/C11H8Cl2N2/c12-8-3-1-2-7(4-8)10-5-9(13)6-15-11(10)14/h1-6H,(H2,14,15). The average molecular weight is 239 g/mol. The van der Waals surface area contributed by atoms with Gasteiger partial charge in [-0.1, -0.05) is 35.3 Å². The Hall–Kier alpha value is -1.25. The van der Waals surface area contributed by atoms with E-state index < -0.39 is 0 Å². The average Bonchev–Trinajstić information content (AvgIpc) is 2.22. The van der Waals surface area contributed by atoms with Gasteiger partial charge in [-0.25, -0.2) is 4.98 Å². The highest BCUT2D eigenvalue weighted by molar-refractivity contribution is 6.31. The Labute approximate surface area is 97.7 Å². The third-order valence-corrected chi connectivity index (χ3v) is 2.46. The van der Waals surface area contributed by atoms with E-state index in [-0.39, 0.29) is 0 Å². The molecule has 0 spiro atoms. The Morgan fingerprint density at radius 1 is 1.07 bits per heavy atom. The van der Waals surface area contributed by atoms with Crippen molar-refractivity contribution in [1.29, 1.82) is 0 Å². The van der Waals surface area contributed by atoms with E-state index in [1.54, 1.807) is 12.1 Å². The summed E-state index contributed by atoms with van der Waals surface area (Å²) in [5.41, 5.74) is 7.47. The molecule has 0 bridgehead atoms. The van der Waals surface area contributed by atoms with Crippen molar-refractivity contribution in [3.63, 3.8) is 0 Å². The molecule has 15 heavy (non-hydrogen) atoms. The first-order chi connectivity index (χ1) is 7.16. The molecule has 2 nitrogen and oxygen atoms in total. The predicted octanol–water partition coefficient (Wildman–Crippen LogP) is 3.64. The molecule has 0 saturated carbocycles. The molecule has 4 heteroatoms. The lowest BCUT2D eigenvalue weighted by molar-refractivity contribution is 1.34. The molecule has 0 amide bonds. The lowest BCUT2D eigenvalue weighted by Gasteiger charge is -2.05. The number of anilines is 1. The number of hydrogen-bond acceptors (Lipinski definition) is 2. The van der Waals surface area contributed by atoms with E-state index >= 15 is 0 Å². The molecule has 2 N–H and O–H groups in total. The van der Waals surface area contributed by atoms with Crippen molar-refractivity contribution in [2.45, 2.75) is 0 Å². The van der Waals surface area contributed by atoms with Gasteiger partial charge in [0, 0.05) is 16.8 Å². The molecular weight excluding hydrogens is 231 g/mol. The Morgan fingerprint density at radius 2 is 1.87 bits per heavy atom. The van der Waals surface area contributed by atoms with Crippen LogP contribution in [-0.2, 0) is 0 Å². The van der Waals surface area contributed by atoms with E-state index in [2.05, 4.69) is 4.98 Å². The maximum absolute atomic E-state index is 5.89. The highest BCUT2D eigenvalue weighted by Gasteiger charge is 2.04. The van der Waals surface area contributed by atoms with Crippen molar-refractivity contribution in [2.24, 2.45) is 0 Å². The van der Waals surface area contributed by atoms with Gasteiger partial charge < -0.3 is 5.73 Å². The van der Waals surface area contributed by atoms with Gasteiger partial charge in [-0.05, 0) is 23.8 Å². The minimum Gasteiger partial charge on any atom is -0.383 e. The van der Waals surface area contributed by atoms with Crippen molar-refractivity contribution in [1.82, 2.24) is 4.98 Å². The first-order valence-electron chi connectivity index (χ1n) is 4.34. The number of aromatic nitrogens is 1. The summed E-state index contributed by atoms with van der Waals surface area (Å²) in [7, 11) is 0. The normalized spacial score (nSPS) is 10.3. The van der Waals surface area contributed by atoms with Gasteiger partial charge in [0.25, 0.3) is 0 Å². The summed E-state index contributed by atoms with van der Waals surface area (Å²) in [5, 5.41) is 1.21. The summed E-state index contributed by atoms with van der Waals surface area (Å²) in [6, 6.07) is 9.17. The molecule has 1 heterocycles. The van der Waals surface area contributed by atoms with Crippen molar-refractivity contribution < 1.29 is 0 Å². The molecule has 2 aromatic rings. The van der Waals surface area contributed by atoms with Gasteiger partial charge in [-0.15, -0.1) is 0 Å². The number of rotatable bonds is 1. The Balaban J connectivity index is 2.58. The van der Waals surface area contributed by atoms with Gasteiger partial charge in [0.1, 0.15) is 5.82 Å². The zero-order valence-electron chi connectivity index (χ0n) is 7.74. The van der Waals surface area contributed by atoms with Gasteiger partial charge in [-0.2, -0.15) is 0 Å². The largest absolute Gasteiger partial charge is 0.383 e. The van der Waals surface area contributed by atoms with Crippen LogP contribution in [0.5, 0.6) is 0 Å². The van der Waals surface area contributed by atoms with Gasteiger partial charge in [0.2, 0.25) is 0 Å². The maximum atomic E-state index is 5.89. The fraction of sp³-hybridized carbons (Fsp3) is 0. The zero-order chi connectivity index (χ0) is 10.8. The molecule has 0 aliphatic heterocycles. The monoisotopic (exact) mass is 238 g/mol. The van der Waals surface area contributed by atoms with Crippen LogP contribution in [0.3, 0.4) is 0 Å². The first-order valence-corrected chi connectivity index (χ1v) is 5.09. The number of hydrogen-bond donors (Lipinski definition) is 1. The highest BCUT2D eigenvalue weighted by Crippen LogP contribution is 2.28.